The maximum Gasteiger partial charge on any atom is 0.142 e. The van der Waals surface area contributed by atoms with Gasteiger partial charge in [0.1, 0.15) is 6.29 Å². The van der Waals surface area contributed by atoms with Crippen LogP contribution in [0, 0.1) is 0 Å². The molecule has 0 saturated heterocycles. The van der Waals surface area contributed by atoms with Crippen molar-refractivity contribution in [3.05, 3.63) is 48.2 Å². The molecule has 3 heteroatoms. The Morgan fingerprint density at radius 1 is 1.19 bits per heavy atom. The van der Waals surface area contributed by atoms with Gasteiger partial charge in [0.2, 0.25) is 0 Å². The zero-order valence-corrected chi connectivity index (χ0v) is 9.00. The minimum atomic E-state index is 0.770. The number of carbonyl (C=O) groups is 1. The summed E-state index contributed by atoms with van der Waals surface area (Å²) in [6.45, 7) is 0. The number of rotatable bonds is 3. The first-order chi connectivity index (χ1) is 7.79. The van der Waals surface area contributed by atoms with Crippen molar-refractivity contribution in [1.82, 2.24) is 9.78 Å². The molecule has 3 nitrogen and oxygen atoms in total. The highest BCUT2D eigenvalue weighted by atomic mass is 16.1. The zero-order chi connectivity index (χ0) is 11.4. The lowest BCUT2D eigenvalue weighted by Crippen LogP contribution is -1.87. The minimum Gasteiger partial charge on any atom is -0.299 e. The van der Waals surface area contributed by atoms with Gasteiger partial charge in [-0.2, -0.15) is 5.10 Å². The second-order valence-electron chi connectivity index (χ2n) is 3.49. The third-order valence-corrected chi connectivity index (χ3v) is 2.29. The Balaban J connectivity index is 2.25. The van der Waals surface area contributed by atoms with Crippen molar-refractivity contribution >= 4 is 12.4 Å². The average Bonchev–Trinajstić information content (AvgIpc) is 2.74. The lowest BCUT2D eigenvalue weighted by atomic mass is 10.1. The fourth-order valence-electron chi connectivity index (χ4n) is 1.48. The highest BCUT2D eigenvalue weighted by molar-refractivity contribution is 5.74. The Morgan fingerprint density at radius 2 is 1.94 bits per heavy atom. The largest absolute Gasteiger partial charge is 0.299 e. The van der Waals surface area contributed by atoms with Crippen LogP contribution < -0.4 is 0 Å². The smallest absolute Gasteiger partial charge is 0.142 e. The number of carbonyl (C=O) groups excluding carboxylic acids is 1. The number of aldehydes is 1. The fraction of sp³-hybridized carbons (Fsp3) is 0.0769. The molecule has 16 heavy (non-hydrogen) atoms. The van der Waals surface area contributed by atoms with Crippen LogP contribution in [-0.4, -0.2) is 16.1 Å². The van der Waals surface area contributed by atoms with E-state index in [1.807, 2.05) is 43.6 Å². The van der Waals surface area contributed by atoms with Crippen molar-refractivity contribution in [2.45, 2.75) is 0 Å². The van der Waals surface area contributed by atoms with E-state index in [9.17, 15) is 4.79 Å². The number of hydrogen-bond acceptors (Lipinski definition) is 2. The van der Waals surface area contributed by atoms with Crippen LogP contribution in [0.3, 0.4) is 0 Å². The molecule has 1 heterocycles. The van der Waals surface area contributed by atoms with Crippen LogP contribution in [0.5, 0.6) is 0 Å². The summed E-state index contributed by atoms with van der Waals surface area (Å²) < 4.78 is 1.77. The number of aromatic nitrogens is 2. The van der Waals surface area contributed by atoms with E-state index < -0.39 is 0 Å². The summed E-state index contributed by atoms with van der Waals surface area (Å²) in [4.78, 5) is 10.2. The van der Waals surface area contributed by atoms with E-state index in [2.05, 4.69) is 5.10 Å². The molecule has 0 aliphatic rings. The third kappa shape index (κ3) is 2.25. The van der Waals surface area contributed by atoms with Gasteiger partial charge < -0.3 is 0 Å². The summed E-state index contributed by atoms with van der Waals surface area (Å²) in [5, 5.41) is 4.32. The van der Waals surface area contributed by atoms with Crippen LogP contribution in [0.15, 0.2) is 42.6 Å². The normalized spacial score (nSPS) is 10.8. The molecular formula is C13H12N2O. The topological polar surface area (TPSA) is 34.9 Å². The van der Waals surface area contributed by atoms with E-state index in [4.69, 9.17) is 0 Å². The summed E-state index contributed by atoms with van der Waals surface area (Å²) in [5.74, 6) is 0. The van der Waals surface area contributed by atoms with Gasteiger partial charge in [-0.15, -0.1) is 0 Å². The van der Waals surface area contributed by atoms with E-state index in [-0.39, 0.29) is 0 Å². The SMILES string of the molecule is Cn1ccc(-c2ccc(C=CC=O)cc2)n1. The molecule has 1 aromatic heterocycles. The number of allylic oxidation sites excluding steroid dienone is 1. The first-order valence-corrected chi connectivity index (χ1v) is 5.01. The van der Waals surface area contributed by atoms with Crippen molar-refractivity contribution in [2.24, 2.45) is 7.05 Å². The van der Waals surface area contributed by atoms with Gasteiger partial charge >= 0.3 is 0 Å². The lowest BCUT2D eigenvalue weighted by Gasteiger charge is -1.97. The number of nitrogens with zero attached hydrogens (tertiary/aromatic N) is 2. The van der Waals surface area contributed by atoms with Crippen LogP contribution in [-0.2, 0) is 11.8 Å². The van der Waals surface area contributed by atoms with Gasteiger partial charge in [-0.05, 0) is 17.7 Å². The summed E-state index contributed by atoms with van der Waals surface area (Å²) in [5.41, 5.74) is 3.03. The van der Waals surface area contributed by atoms with Crippen LogP contribution >= 0.6 is 0 Å². The maximum atomic E-state index is 10.2. The van der Waals surface area contributed by atoms with Crippen molar-refractivity contribution in [3.63, 3.8) is 0 Å². The number of hydrogen-bond donors (Lipinski definition) is 0. The monoisotopic (exact) mass is 212 g/mol. The highest BCUT2D eigenvalue weighted by Crippen LogP contribution is 2.17. The summed E-state index contributed by atoms with van der Waals surface area (Å²) in [6, 6.07) is 9.88. The van der Waals surface area contributed by atoms with Gasteiger partial charge in [0.25, 0.3) is 0 Å². The number of benzene rings is 1. The Bertz CT molecular complexity index is 509. The second kappa shape index (κ2) is 4.57. The molecule has 0 bridgehead atoms. The average molecular weight is 212 g/mol. The third-order valence-electron chi connectivity index (χ3n) is 2.29. The molecule has 2 rings (SSSR count). The first kappa shape index (κ1) is 10.4. The number of aryl methyl sites for hydroxylation is 1. The Morgan fingerprint density at radius 3 is 2.50 bits per heavy atom. The Hall–Kier alpha value is -2.16. The van der Waals surface area contributed by atoms with E-state index in [1.165, 1.54) is 6.08 Å². The summed E-state index contributed by atoms with van der Waals surface area (Å²) >= 11 is 0. The van der Waals surface area contributed by atoms with E-state index in [1.54, 1.807) is 10.8 Å². The molecular weight excluding hydrogens is 200 g/mol. The summed E-state index contributed by atoms with van der Waals surface area (Å²) in [6.07, 6.45) is 5.94. The van der Waals surface area contributed by atoms with Gasteiger partial charge in [-0.3, -0.25) is 9.48 Å². The predicted molar refractivity (Wildman–Crippen MR) is 63.7 cm³/mol. The van der Waals surface area contributed by atoms with Gasteiger partial charge in [-0.25, -0.2) is 0 Å². The van der Waals surface area contributed by atoms with E-state index in [0.29, 0.717) is 0 Å². The first-order valence-electron chi connectivity index (χ1n) is 5.01. The van der Waals surface area contributed by atoms with Crippen molar-refractivity contribution in [1.29, 1.82) is 0 Å². The van der Waals surface area contributed by atoms with Crippen LogP contribution in [0.1, 0.15) is 5.56 Å². The second-order valence-corrected chi connectivity index (χ2v) is 3.49. The van der Waals surface area contributed by atoms with Crippen molar-refractivity contribution in [3.8, 4) is 11.3 Å². The van der Waals surface area contributed by atoms with Crippen molar-refractivity contribution in [2.75, 3.05) is 0 Å². The molecule has 0 N–H and O–H groups in total. The van der Waals surface area contributed by atoms with Gasteiger partial charge in [0, 0.05) is 18.8 Å². The lowest BCUT2D eigenvalue weighted by molar-refractivity contribution is -0.104. The van der Waals surface area contributed by atoms with E-state index in [0.717, 1.165) is 23.1 Å². The standard InChI is InChI=1S/C13H12N2O/c1-15-9-8-13(14-15)12-6-4-11(5-7-12)3-2-10-16/h2-10H,1H3. The molecule has 0 aliphatic carbocycles. The van der Waals surface area contributed by atoms with Crippen molar-refractivity contribution < 1.29 is 4.79 Å². The molecule has 0 spiro atoms. The minimum absolute atomic E-state index is 0.770. The van der Waals surface area contributed by atoms with Gasteiger partial charge in [0.05, 0.1) is 5.69 Å². The molecule has 0 radical (unpaired) electrons. The fourth-order valence-corrected chi connectivity index (χ4v) is 1.48. The predicted octanol–water partition coefficient (Wildman–Crippen LogP) is 2.30. The quantitative estimate of drug-likeness (QED) is 0.578. The van der Waals surface area contributed by atoms with Gasteiger partial charge in [-0.1, -0.05) is 30.3 Å². The molecule has 2 aromatic rings. The summed E-state index contributed by atoms with van der Waals surface area (Å²) in [7, 11) is 1.89. The molecule has 0 atom stereocenters. The highest BCUT2D eigenvalue weighted by Gasteiger charge is 1.99. The zero-order valence-electron chi connectivity index (χ0n) is 9.00. The molecule has 0 unspecified atom stereocenters. The molecule has 1 aromatic carbocycles. The molecule has 0 fully saturated rings. The van der Waals surface area contributed by atoms with Gasteiger partial charge in [0.15, 0.2) is 0 Å². The molecule has 80 valence electrons. The maximum absolute atomic E-state index is 10.2. The molecule has 0 saturated carbocycles. The Kier molecular flexibility index (Phi) is 2.96. The van der Waals surface area contributed by atoms with Crippen LogP contribution in [0.25, 0.3) is 17.3 Å². The Labute approximate surface area is 94.0 Å². The molecule has 0 amide bonds. The van der Waals surface area contributed by atoms with E-state index >= 15 is 0 Å². The van der Waals surface area contributed by atoms with Crippen LogP contribution in [0.2, 0.25) is 0 Å². The molecule has 0 aliphatic heterocycles. The van der Waals surface area contributed by atoms with Crippen LogP contribution in [0.4, 0.5) is 0 Å².